The molecule has 0 bridgehead atoms. The molecule has 11 heteroatoms. The van der Waals surface area contributed by atoms with Crippen LogP contribution in [0.3, 0.4) is 0 Å². The second-order valence-corrected chi connectivity index (χ2v) is 9.77. The normalized spacial score (nSPS) is 22.4. The van der Waals surface area contributed by atoms with E-state index in [1.807, 2.05) is 34.1 Å². The molecule has 3 aliphatic rings. The molecule has 0 saturated carbocycles. The van der Waals surface area contributed by atoms with Crippen LogP contribution in [-0.4, -0.2) is 88.6 Å². The number of carbonyl (C=O) groups excluding carboxylic acids is 2. The molecule has 1 atom stereocenters. The fourth-order valence-corrected chi connectivity index (χ4v) is 5.04. The van der Waals surface area contributed by atoms with Crippen LogP contribution in [0, 0.1) is 0 Å². The Morgan fingerprint density at radius 2 is 1.51 bits per heavy atom. The van der Waals surface area contributed by atoms with Gasteiger partial charge in [-0.15, -0.1) is 0 Å². The molecule has 1 aromatic carbocycles. The van der Waals surface area contributed by atoms with E-state index in [9.17, 15) is 22.8 Å². The Kier molecular flexibility index (Phi) is 9.04. The highest BCUT2D eigenvalue weighted by Gasteiger charge is 2.48. The van der Waals surface area contributed by atoms with Crippen molar-refractivity contribution >= 4 is 29.4 Å². The van der Waals surface area contributed by atoms with Crippen LogP contribution in [0.1, 0.15) is 44.1 Å². The third-order valence-corrected chi connectivity index (χ3v) is 7.25. The number of aliphatic carboxylic acids is 1. The van der Waals surface area contributed by atoms with Gasteiger partial charge in [0.25, 0.3) is 0 Å². The van der Waals surface area contributed by atoms with Crippen molar-refractivity contribution in [1.82, 2.24) is 14.7 Å². The number of amides is 2. The molecule has 35 heavy (non-hydrogen) atoms. The molecule has 0 radical (unpaired) electrons. The predicted octanol–water partition coefficient (Wildman–Crippen LogP) is 3.60. The first kappa shape index (κ1) is 27.3. The van der Waals surface area contributed by atoms with Crippen LogP contribution in [0.2, 0.25) is 5.02 Å². The summed E-state index contributed by atoms with van der Waals surface area (Å²) in [5.74, 6) is -2.26. The van der Waals surface area contributed by atoms with Gasteiger partial charge in [-0.2, -0.15) is 13.2 Å². The maximum absolute atomic E-state index is 12.8. The summed E-state index contributed by atoms with van der Waals surface area (Å²) in [7, 11) is 0. The van der Waals surface area contributed by atoms with Gasteiger partial charge in [-0.1, -0.05) is 23.7 Å². The second kappa shape index (κ2) is 11.6. The minimum Gasteiger partial charge on any atom is -0.475 e. The largest absolute Gasteiger partial charge is 0.490 e. The standard InChI is InChI=1S/C22H30ClN3O2.C2HF3O2/c23-19-7-4-18(5-8-19)6-9-20(27)25-14-3-10-22(17-25)11-15-26(22)16-21(28)24-12-1-2-13-24;3-2(4,5)1(6)7/h4-5,7-8H,1-3,6,9-17H2;(H,6,7). The first-order chi connectivity index (χ1) is 16.5. The van der Waals surface area contributed by atoms with Gasteiger partial charge in [-0.05, 0) is 56.2 Å². The highest BCUT2D eigenvalue weighted by Crippen LogP contribution is 2.38. The van der Waals surface area contributed by atoms with Crippen molar-refractivity contribution in [3.05, 3.63) is 34.9 Å². The van der Waals surface area contributed by atoms with E-state index in [0.29, 0.717) is 13.0 Å². The number of aryl methyl sites for hydroxylation is 1. The van der Waals surface area contributed by atoms with Crippen molar-refractivity contribution in [2.45, 2.75) is 56.7 Å². The zero-order valence-electron chi connectivity index (χ0n) is 19.5. The third-order valence-electron chi connectivity index (χ3n) is 6.99. The Morgan fingerprint density at radius 3 is 2.06 bits per heavy atom. The summed E-state index contributed by atoms with van der Waals surface area (Å²) in [5, 5.41) is 7.85. The van der Waals surface area contributed by atoms with Crippen molar-refractivity contribution in [2.24, 2.45) is 0 Å². The lowest BCUT2D eigenvalue weighted by Gasteiger charge is -2.57. The number of nitrogens with zero attached hydrogens (tertiary/aromatic N) is 3. The van der Waals surface area contributed by atoms with E-state index in [2.05, 4.69) is 4.90 Å². The van der Waals surface area contributed by atoms with Crippen LogP contribution in [-0.2, 0) is 20.8 Å². The fraction of sp³-hybridized carbons (Fsp3) is 0.625. The number of hydrogen-bond donors (Lipinski definition) is 1. The molecule has 0 aromatic heterocycles. The zero-order chi connectivity index (χ0) is 25.6. The first-order valence-electron chi connectivity index (χ1n) is 11.9. The summed E-state index contributed by atoms with van der Waals surface area (Å²) in [6.07, 6.45) is 1.68. The number of benzene rings is 1. The molecule has 1 aromatic rings. The third kappa shape index (κ3) is 7.33. The van der Waals surface area contributed by atoms with Crippen molar-refractivity contribution in [3.63, 3.8) is 0 Å². The van der Waals surface area contributed by atoms with E-state index < -0.39 is 12.1 Å². The lowest BCUT2D eigenvalue weighted by atomic mass is 9.77. The van der Waals surface area contributed by atoms with Gasteiger partial charge in [0, 0.05) is 49.7 Å². The molecule has 4 rings (SSSR count). The number of carboxylic acids is 1. The number of rotatable bonds is 5. The molecule has 0 aliphatic carbocycles. The van der Waals surface area contributed by atoms with E-state index >= 15 is 0 Å². The van der Waals surface area contributed by atoms with Crippen LogP contribution in [0.5, 0.6) is 0 Å². The van der Waals surface area contributed by atoms with Crippen LogP contribution in [0.15, 0.2) is 24.3 Å². The number of likely N-dealkylation sites (tertiary alicyclic amines) is 3. The number of hydrogen-bond acceptors (Lipinski definition) is 4. The molecule has 3 aliphatic heterocycles. The van der Waals surface area contributed by atoms with Crippen molar-refractivity contribution in [2.75, 3.05) is 39.3 Å². The Labute approximate surface area is 207 Å². The SMILES string of the molecule is O=C(CN1CCC12CCCN(C(=O)CCc1ccc(Cl)cc1)C2)N1CCCC1.O=C(O)C(F)(F)F. The van der Waals surface area contributed by atoms with E-state index in [1.165, 1.54) is 0 Å². The smallest absolute Gasteiger partial charge is 0.475 e. The molecule has 3 saturated heterocycles. The van der Waals surface area contributed by atoms with Gasteiger partial charge in [0.1, 0.15) is 0 Å². The lowest BCUT2D eigenvalue weighted by molar-refractivity contribution is -0.192. The van der Waals surface area contributed by atoms with Gasteiger partial charge in [0.15, 0.2) is 0 Å². The average molecular weight is 518 g/mol. The molecular formula is C24H31ClF3N3O4. The highest BCUT2D eigenvalue weighted by atomic mass is 35.5. The minimum atomic E-state index is -5.08. The molecule has 2 amide bonds. The van der Waals surface area contributed by atoms with Crippen LogP contribution >= 0.6 is 11.6 Å². The second-order valence-electron chi connectivity index (χ2n) is 9.33. The minimum absolute atomic E-state index is 0.0313. The van der Waals surface area contributed by atoms with Gasteiger partial charge >= 0.3 is 12.1 Å². The maximum atomic E-state index is 12.8. The average Bonchev–Trinajstić information content (AvgIpc) is 3.36. The summed E-state index contributed by atoms with van der Waals surface area (Å²) < 4.78 is 31.7. The van der Waals surface area contributed by atoms with Crippen LogP contribution in [0.4, 0.5) is 13.2 Å². The van der Waals surface area contributed by atoms with Gasteiger partial charge in [0.05, 0.1) is 6.54 Å². The van der Waals surface area contributed by atoms with Gasteiger partial charge in [0.2, 0.25) is 11.8 Å². The summed E-state index contributed by atoms with van der Waals surface area (Å²) in [4.78, 5) is 40.7. The molecule has 3 fully saturated rings. The Hall–Kier alpha value is -2.33. The van der Waals surface area contributed by atoms with Crippen molar-refractivity contribution in [3.8, 4) is 0 Å². The van der Waals surface area contributed by atoms with Gasteiger partial charge in [-0.3, -0.25) is 14.5 Å². The number of carboxylic acid groups (broad SMARTS) is 1. The molecule has 1 unspecified atom stereocenters. The zero-order valence-corrected chi connectivity index (χ0v) is 20.3. The molecule has 1 N–H and O–H groups in total. The van der Waals surface area contributed by atoms with Crippen LogP contribution in [0.25, 0.3) is 0 Å². The Morgan fingerprint density at radius 1 is 0.914 bits per heavy atom. The van der Waals surface area contributed by atoms with Crippen molar-refractivity contribution in [1.29, 1.82) is 0 Å². The highest BCUT2D eigenvalue weighted by molar-refractivity contribution is 6.30. The van der Waals surface area contributed by atoms with E-state index in [0.717, 1.165) is 81.8 Å². The lowest BCUT2D eigenvalue weighted by Crippen LogP contribution is -2.68. The van der Waals surface area contributed by atoms with E-state index in [-0.39, 0.29) is 17.4 Å². The summed E-state index contributed by atoms with van der Waals surface area (Å²) in [5.41, 5.74) is 1.18. The number of halogens is 4. The summed E-state index contributed by atoms with van der Waals surface area (Å²) >= 11 is 5.93. The topological polar surface area (TPSA) is 81.2 Å². The maximum Gasteiger partial charge on any atom is 0.490 e. The monoisotopic (exact) mass is 517 g/mol. The fourth-order valence-electron chi connectivity index (χ4n) is 4.91. The summed E-state index contributed by atoms with van der Waals surface area (Å²) in [6, 6.07) is 7.73. The molecule has 194 valence electrons. The molecular weight excluding hydrogens is 487 g/mol. The number of alkyl halides is 3. The Balaban J connectivity index is 0.000000429. The molecule has 3 heterocycles. The number of carbonyl (C=O) groups is 3. The quantitative estimate of drug-likeness (QED) is 0.645. The van der Waals surface area contributed by atoms with Crippen LogP contribution < -0.4 is 0 Å². The van der Waals surface area contributed by atoms with Gasteiger partial charge in [-0.25, -0.2) is 4.79 Å². The Bertz CT molecular complexity index is 906. The number of piperidine rings is 1. The summed E-state index contributed by atoms with van der Waals surface area (Å²) in [6.45, 7) is 4.94. The van der Waals surface area contributed by atoms with E-state index in [1.54, 1.807) is 0 Å². The van der Waals surface area contributed by atoms with Gasteiger partial charge < -0.3 is 14.9 Å². The van der Waals surface area contributed by atoms with E-state index in [4.69, 9.17) is 21.5 Å². The van der Waals surface area contributed by atoms with Crippen molar-refractivity contribution < 1.29 is 32.7 Å². The molecule has 1 spiro atoms. The first-order valence-corrected chi connectivity index (χ1v) is 12.2. The molecule has 7 nitrogen and oxygen atoms in total. The predicted molar refractivity (Wildman–Crippen MR) is 124 cm³/mol.